The maximum atomic E-state index is 11.6. The smallest absolute Gasteiger partial charge is 0.258 e. The lowest BCUT2D eigenvalue weighted by atomic mass is 10.0. The summed E-state index contributed by atoms with van der Waals surface area (Å²) in [6.07, 6.45) is 1.64. The number of sulfone groups is 1. The van der Waals surface area contributed by atoms with Crippen molar-refractivity contribution in [2.24, 2.45) is 0 Å². The average molecular weight is 340 g/mol. The van der Waals surface area contributed by atoms with E-state index in [9.17, 15) is 18.5 Å². The fourth-order valence-electron chi connectivity index (χ4n) is 2.19. The Bertz CT molecular complexity index is 847. The van der Waals surface area contributed by atoms with Gasteiger partial charge >= 0.3 is 0 Å². The predicted molar refractivity (Wildman–Crippen MR) is 86.0 cm³/mol. The number of hydrogen-bond donors (Lipinski definition) is 0. The van der Waals surface area contributed by atoms with Crippen molar-refractivity contribution in [3.05, 3.63) is 57.1 Å². The summed E-state index contributed by atoms with van der Waals surface area (Å²) < 4.78 is 23.1. The quantitative estimate of drug-likeness (QED) is 0.625. The van der Waals surface area contributed by atoms with E-state index in [0.29, 0.717) is 23.1 Å². The molecule has 0 heterocycles. The summed E-state index contributed by atoms with van der Waals surface area (Å²) in [5.74, 6) is 0. The fraction of sp³-hybridized carbons (Fsp3) is 0.200. The minimum atomic E-state index is -3.40. The Morgan fingerprint density at radius 2 is 1.73 bits per heavy atom. The molecule has 0 spiro atoms. The predicted octanol–water partition coefficient (Wildman–Crippen LogP) is 3.88. The van der Waals surface area contributed by atoms with Crippen molar-refractivity contribution in [1.82, 2.24) is 0 Å². The molecule has 5 nitrogen and oxygen atoms in total. The van der Waals surface area contributed by atoms with Crippen molar-refractivity contribution in [2.75, 3.05) is 6.26 Å². The molecule has 0 amide bonds. The Morgan fingerprint density at radius 1 is 1.14 bits per heavy atom. The number of nitrogens with zero attached hydrogens (tertiary/aromatic N) is 1. The Labute approximate surface area is 133 Å². The Morgan fingerprint density at radius 3 is 2.23 bits per heavy atom. The van der Waals surface area contributed by atoms with Crippen LogP contribution in [-0.4, -0.2) is 19.6 Å². The molecular formula is C15H14ClNO4S. The van der Waals surface area contributed by atoms with Crippen molar-refractivity contribution >= 4 is 27.1 Å². The van der Waals surface area contributed by atoms with Crippen LogP contribution in [0.5, 0.6) is 0 Å². The van der Waals surface area contributed by atoms with Crippen LogP contribution >= 0.6 is 11.6 Å². The number of nitro benzene ring substituents is 1. The van der Waals surface area contributed by atoms with E-state index < -0.39 is 14.8 Å². The van der Waals surface area contributed by atoms with Gasteiger partial charge in [-0.05, 0) is 29.7 Å². The van der Waals surface area contributed by atoms with Crippen molar-refractivity contribution in [1.29, 1.82) is 0 Å². The number of hydrogen-bond acceptors (Lipinski definition) is 4. The zero-order valence-electron chi connectivity index (χ0n) is 12.0. The third-order valence-electron chi connectivity index (χ3n) is 3.33. The number of nitro groups is 1. The zero-order chi connectivity index (χ0) is 16.5. The van der Waals surface area contributed by atoms with Gasteiger partial charge in [0.1, 0.15) is 0 Å². The van der Waals surface area contributed by atoms with Crippen LogP contribution in [0.3, 0.4) is 0 Å². The second-order valence-electron chi connectivity index (χ2n) is 4.87. The first-order valence-electron chi connectivity index (χ1n) is 6.51. The molecule has 0 fully saturated rings. The topological polar surface area (TPSA) is 77.3 Å². The fourth-order valence-corrected chi connectivity index (χ4v) is 3.52. The molecular weight excluding hydrogens is 326 g/mol. The lowest BCUT2D eigenvalue weighted by Gasteiger charge is -2.07. The molecule has 0 saturated heterocycles. The SMILES string of the molecule is CCc1ccc(-c2ccc(S(C)(=O)=O)c(Cl)c2)cc1[N+](=O)[O-]. The molecule has 0 atom stereocenters. The molecule has 0 unspecified atom stereocenters. The van der Waals surface area contributed by atoms with Gasteiger partial charge in [-0.2, -0.15) is 0 Å². The normalized spacial score (nSPS) is 11.4. The molecule has 2 rings (SSSR count). The summed E-state index contributed by atoms with van der Waals surface area (Å²) in [4.78, 5) is 10.7. The Balaban J connectivity index is 2.56. The van der Waals surface area contributed by atoms with Crippen LogP contribution in [0, 0.1) is 10.1 Å². The van der Waals surface area contributed by atoms with E-state index in [1.54, 1.807) is 18.2 Å². The molecule has 2 aromatic rings. The van der Waals surface area contributed by atoms with E-state index in [4.69, 9.17) is 11.6 Å². The summed E-state index contributed by atoms with van der Waals surface area (Å²) in [5, 5.41) is 11.2. The maximum Gasteiger partial charge on any atom is 0.273 e. The van der Waals surface area contributed by atoms with E-state index in [2.05, 4.69) is 0 Å². The molecule has 0 saturated carbocycles. The summed E-state index contributed by atoms with van der Waals surface area (Å²) in [6.45, 7) is 1.85. The first-order valence-corrected chi connectivity index (χ1v) is 8.78. The van der Waals surface area contributed by atoms with E-state index >= 15 is 0 Å². The van der Waals surface area contributed by atoms with Crippen LogP contribution in [0.1, 0.15) is 12.5 Å². The van der Waals surface area contributed by atoms with Gasteiger partial charge in [0.05, 0.1) is 14.8 Å². The lowest BCUT2D eigenvalue weighted by Crippen LogP contribution is -1.98. The van der Waals surface area contributed by atoms with E-state index in [1.807, 2.05) is 6.92 Å². The van der Waals surface area contributed by atoms with Gasteiger partial charge in [0.15, 0.2) is 9.84 Å². The molecule has 0 bridgehead atoms. The largest absolute Gasteiger partial charge is 0.273 e. The minimum Gasteiger partial charge on any atom is -0.258 e. The van der Waals surface area contributed by atoms with Crippen LogP contribution in [-0.2, 0) is 16.3 Å². The second kappa shape index (κ2) is 6.06. The van der Waals surface area contributed by atoms with Gasteiger partial charge in [0.25, 0.3) is 5.69 Å². The molecule has 0 N–H and O–H groups in total. The third-order valence-corrected chi connectivity index (χ3v) is 4.91. The summed E-state index contributed by atoms with van der Waals surface area (Å²) in [5.41, 5.74) is 1.94. The lowest BCUT2D eigenvalue weighted by molar-refractivity contribution is -0.385. The number of benzene rings is 2. The molecule has 0 aliphatic rings. The van der Waals surface area contributed by atoms with E-state index in [1.165, 1.54) is 18.2 Å². The molecule has 22 heavy (non-hydrogen) atoms. The van der Waals surface area contributed by atoms with Gasteiger partial charge in [-0.15, -0.1) is 0 Å². The van der Waals surface area contributed by atoms with Crippen molar-refractivity contribution < 1.29 is 13.3 Å². The first-order chi connectivity index (χ1) is 10.2. The number of aryl methyl sites for hydroxylation is 1. The number of rotatable bonds is 4. The minimum absolute atomic E-state index is 0.0394. The van der Waals surface area contributed by atoms with Crippen LogP contribution in [0.25, 0.3) is 11.1 Å². The average Bonchev–Trinajstić information content (AvgIpc) is 2.45. The number of halogens is 1. The first kappa shape index (κ1) is 16.5. The highest BCUT2D eigenvalue weighted by Crippen LogP contribution is 2.31. The van der Waals surface area contributed by atoms with Gasteiger partial charge in [-0.1, -0.05) is 36.7 Å². The van der Waals surface area contributed by atoms with Crippen LogP contribution in [0.15, 0.2) is 41.3 Å². The molecule has 7 heteroatoms. The van der Waals surface area contributed by atoms with Crippen LogP contribution < -0.4 is 0 Å². The van der Waals surface area contributed by atoms with E-state index in [-0.39, 0.29) is 15.6 Å². The van der Waals surface area contributed by atoms with Crippen LogP contribution in [0.2, 0.25) is 5.02 Å². The highest BCUT2D eigenvalue weighted by atomic mass is 35.5. The third kappa shape index (κ3) is 3.28. The molecule has 116 valence electrons. The molecule has 0 aromatic heterocycles. The zero-order valence-corrected chi connectivity index (χ0v) is 13.6. The Kier molecular flexibility index (Phi) is 4.53. The molecule has 0 aliphatic carbocycles. The summed E-state index contributed by atoms with van der Waals surface area (Å²) in [7, 11) is -3.40. The van der Waals surface area contributed by atoms with E-state index in [0.717, 1.165) is 6.26 Å². The molecule has 2 aromatic carbocycles. The monoisotopic (exact) mass is 339 g/mol. The second-order valence-corrected chi connectivity index (χ2v) is 7.26. The Hall–Kier alpha value is -1.92. The van der Waals surface area contributed by atoms with Gasteiger partial charge in [0, 0.05) is 17.9 Å². The van der Waals surface area contributed by atoms with Gasteiger partial charge < -0.3 is 0 Å². The van der Waals surface area contributed by atoms with Gasteiger partial charge in [0.2, 0.25) is 0 Å². The molecule has 0 radical (unpaired) electrons. The summed E-state index contributed by atoms with van der Waals surface area (Å²) in [6, 6.07) is 9.44. The summed E-state index contributed by atoms with van der Waals surface area (Å²) >= 11 is 6.01. The standard InChI is InChI=1S/C15H14ClNO4S/c1-3-10-4-5-12(9-14(10)17(18)19)11-6-7-15(13(16)8-11)22(2,20)21/h4-9H,3H2,1-2H3. The van der Waals surface area contributed by atoms with Gasteiger partial charge in [-0.3, -0.25) is 10.1 Å². The van der Waals surface area contributed by atoms with Crippen LogP contribution in [0.4, 0.5) is 5.69 Å². The van der Waals surface area contributed by atoms with Gasteiger partial charge in [-0.25, -0.2) is 8.42 Å². The highest BCUT2D eigenvalue weighted by Gasteiger charge is 2.16. The van der Waals surface area contributed by atoms with Crippen molar-refractivity contribution in [3.63, 3.8) is 0 Å². The maximum absolute atomic E-state index is 11.6. The highest BCUT2D eigenvalue weighted by molar-refractivity contribution is 7.90. The molecule has 0 aliphatic heterocycles. The van der Waals surface area contributed by atoms with Crippen molar-refractivity contribution in [3.8, 4) is 11.1 Å². The van der Waals surface area contributed by atoms with Crippen molar-refractivity contribution in [2.45, 2.75) is 18.2 Å².